The number of benzene rings is 2. The monoisotopic (exact) mass is 383 g/mol. The van der Waals surface area contributed by atoms with Gasteiger partial charge in [-0.25, -0.2) is 8.78 Å². The molecule has 1 fully saturated rings. The molecule has 0 N–H and O–H groups in total. The summed E-state index contributed by atoms with van der Waals surface area (Å²) in [5, 5.41) is 4.04. The number of hydrogen-bond acceptors (Lipinski definition) is 4. The van der Waals surface area contributed by atoms with Crippen LogP contribution in [0.25, 0.3) is 11.4 Å². The Bertz CT molecular complexity index is 981. The first-order valence-electron chi connectivity index (χ1n) is 9.17. The summed E-state index contributed by atoms with van der Waals surface area (Å²) in [5.74, 6) is -1.61. The lowest BCUT2D eigenvalue weighted by atomic mass is 9.97. The second kappa shape index (κ2) is 7.50. The number of amides is 1. The number of hydrogen-bond donors (Lipinski definition) is 0. The first-order valence-corrected chi connectivity index (χ1v) is 9.17. The van der Waals surface area contributed by atoms with Gasteiger partial charge in [-0.3, -0.25) is 4.79 Å². The van der Waals surface area contributed by atoms with E-state index in [0.29, 0.717) is 24.7 Å². The molecule has 0 radical (unpaired) electrons. The minimum atomic E-state index is -0.855. The summed E-state index contributed by atoms with van der Waals surface area (Å²) in [6.07, 6.45) is 1.45. The van der Waals surface area contributed by atoms with Crippen molar-refractivity contribution in [3.63, 3.8) is 0 Å². The molecule has 28 heavy (non-hydrogen) atoms. The Labute approximate surface area is 161 Å². The number of halogens is 2. The molecule has 2 aromatic carbocycles. The molecule has 3 aromatic rings. The smallest absolute Gasteiger partial charge is 0.259 e. The van der Waals surface area contributed by atoms with E-state index in [-0.39, 0.29) is 12.5 Å². The topological polar surface area (TPSA) is 59.2 Å². The molecule has 1 atom stereocenters. The number of nitrogens with zero attached hydrogens (tertiary/aromatic N) is 3. The number of rotatable bonds is 3. The zero-order valence-electron chi connectivity index (χ0n) is 15.4. The summed E-state index contributed by atoms with van der Waals surface area (Å²) in [7, 11) is 0. The van der Waals surface area contributed by atoms with Crippen molar-refractivity contribution in [3.8, 4) is 11.4 Å². The molecule has 144 valence electrons. The van der Waals surface area contributed by atoms with Crippen LogP contribution in [0.3, 0.4) is 0 Å². The van der Waals surface area contributed by atoms with Gasteiger partial charge in [0.1, 0.15) is 17.2 Å². The summed E-state index contributed by atoms with van der Waals surface area (Å²) in [5.41, 5.74) is 1.46. The molecular weight excluding hydrogens is 364 g/mol. The third-order valence-electron chi connectivity index (χ3n) is 4.99. The van der Waals surface area contributed by atoms with E-state index in [9.17, 15) is 13.6 Å². The van der Waals surface area contributed by atoms with Gasteiger partial charge in [0.25, 0.3) is 5.91 Å². The van der Waals surface area contributed by atoms with Gasteiger partial charge >= 0.3 is 0 Å². The Morgan fingerprint density at radius 3 is 2.57 bits per heavy atom. The number of aromatic nitrogens is 2. The van der Waals surface area contributed by atoms with Crippen molar-refractivity contribution >= 4 is 5.91 Å². The molecule has 0 unspecified atom stereocenters. The molecule has 0 aliphatic carbocycles. The normalized spacial score (nSPS) is 17.0. The van der Waals surface area contributed by atoms with Crippen LogP contribution in [-0.2, 0) is 0 Å². The molecule has 1 aliphatic heterocycles. The molecule has 5 nitrogen and oxygen atoms in total. The molecule has 7 heteroatoms. The summed E-state index contributed by atoms with van der Waals surface area (Å²) in [4.78, 5) is 18.6. The van der Waals surface area contributed by atoms with Gasteiger partial charge in [-0.05, 0) is 31.9 Å². The molecule has 2 heterocycles. The molecule has 1 aliphatic rings. The molecule has 1 saturated heterocycles. The Kier molecular flexibility index (Phi) is 4.90. The van der Waals surface area contributed by atoms with Crippen LogP contribution in [0.2, 0.25) is 0 Å². The van der Waals surface area contributed by atoms with E-state index in [4.69, 9.17) is 4.52 Å². The van der Waals surface area contributed by atoms with E-state index < -0.39 is 23.1 Å². The molecular formula is C21H19F2N3O2. The lowest BCUT2D eigenvalue weighted by molar-refractivity contribution is 0.0686. The quantitative estimate of drug-likeness (QED) is 0.675. The predicted octanol–water partition coefficient (Wildman–Crippen LogP) is 4.34. The van der Waals surface area contributed by atoms with E-state index in [1.54, 1.807) is 0 Å². The lowest BCUT2D eigenvalue weighted by Crippen LogP contribution is -2.40. The van der Waals surface area contributed by atoms with Crippen molar-refractivity contribution in [2.24, 2.45) is 0 Å². The zero-order valence-corrected chi connectivity index (χ0v) is 15.4. The van der Waals surface area contributed by atoms with Gasteiger partial charge in [-0.15, -0.1) is 0 Å². The summed E-state index contributed by atoms with van der Waals surface area (Å²) in [6.45, 7) is 2.71. The molecule has 1 aromatic heterocycles. The predicted molar refractivity (Wildman–Crippen MR) is 98.7 cm³/mol. The van der Waals surface area contributed by atoms with Crippen LogP contribution < -0.4 is 0 Å². The van der Waals surface area contributed by atoms with E-state index in [1.807, 2.05) is 31.2 Å². The number of aryl methyl sites for hydroxylation is 1. The van der Waals surface area contributed by atoms with Gasteiger partial charge in [0.15, 0.2) is 0 Å². The number of carbonyl (C=O) groups is 1. The van der Waals surface area contributed by atoms with Crippen LogP contribution in [0.15, 0.2) is 47.0 Å². The van der Waals surface area contributed by atoms with Crippen molar-refractivity contribution in [2.45, 2.75) is 25.7 Å². The molecule has 0 bridgehead atoms. The fraction of sp³-hybridized carbons (Fsp3) is 0.286. The molecule has 1 amide bonds. The first kappa shape index (κ1) is 18.3. The number of likely N-dealkylation sites (tertiary alicyclic amines) is 1. The first-order chi connectivity index (χ1) is 13.5. The van der Waals surface area contributed by atoms with Crippen LogP contribution >= 0.6 is 0 Å². The second-order valence-corrected chi connectivity index (χ2v) is 7.01. The Hall–Kier alpha value is -3.09. The third-order valence-corrected chi connectivity index (χ3v) is 4.99. The lowest BCUT2D eigenvalue weighted by Gasteiger charge is -2.31. The van der Waals surface area contributed by atoms with Crippen molar-refractivity contribution in [3.05, 3.63) is 71.1 Å². The van der Waals surface area contributed by atoms with Gasteiger partial charge in [-0.1, -0.05) is 41.1 Å². The Morgan fingerprint density at radius 2 is 1.86 bits per heavy atom. The van der Waals surface area contributed by atoms with Gasteiger partial charge in [0.2, 0.25) is 11.7 Å². The number of piperidine rings is 1. The number of carbonyl (C=O) groups excluding carboxylic acids is 1. The maximum absolute atomic E-state index is 14.0. The maximum Gasteiger partial charge on any atom is 0.259 e. The highest BCUT2D eigenvalue weighted by Crippen LogP contribution is 2.29. The van der Waals surface area contributed by atoms with E-state index in [0.717, 1.165) is 29.7 Å². The standard InChI is InChI=1S/C21H19F2N3O2/c1-13-7-9-14(10-8-13)19-24-20(28-25-19)15-4-3-11-26(12-15)21(27)18-16(22)5-2-6-17(18)23/h2,5-10,15H,3-4,11-12H2,1H3/t15-/m1/s1. The largest absolute Gasteiger partial charge is 0.339 e. The van der Waals surface area contributed by atoms with Crippen LogP contribution in [0, 0.1) is 18.6 Å². The minimum absolute atomic E-state index is 0.167. The van der Waals surface area contributed by atoms with Gasteiger partial charge in [0.05, 0.1) is 5.92 Å². The van der Waals surface area contributed by atoms with Crippen molar-refractivity contribution < 1.29 is 18.1 Å². The highest BCUT2D eigenvalue weighted by molar-refractivity contribution is 5.94. The fourth-order valence-corrected chi connectivity index (χ4v) is 3.44. The highest BCUT2D eigenvalue weighted by atomic mass is 19.1. The minimum Gasteiger partial charge on any atom is -0.339 e. The van der Waals surface area contributed by atoms with Crippen molar-refractivity contribution in [1.29, 1.82) is 0 Å². The highest BCUT2D eigenvalue weighted by Gasteiger charge is 2.31. The Morgan fingerprint density at radius 1 is 1.14 bits per heavy atom. The van der Waals surface area contributed by atoms with Crippen LogP contribution in [-0.4, -0.2) is 34.0 Å². The van der Waals surface area contributed by atoms with E-state index >= 15 is 0 Å². The summed E-state index contributed by atoms with van der Waals surface area (Å²) in [6, 6.07) is 11.2. The van der Waals surface area contributed by atoms with Crippen LogP contribution in [0.5, 0.6) is 0 Å². The molecule has 4 rings (SSSR count). The average molecular weight is 383 g/mol. The average Bonchev–Trinajstić information content (AvgIpc) is 3.19. The van der Waals surface area contributed by atoms with E-state index in [2.05, 4.69) is 10.1 Å². The Balaban J connectivity index is 1.53. The second-order valence-electron chi connectivity index (χ2n) is 7.01. The fourth-order valence-electron chi connectivity index (χ4n) is 3.44. The van der Waals surface area contributed by atoms with Gasteiger partial charge in [0, 0.05) is 18.7 Å². The zero-order chi connectivity index (χ0) is 19.7. The van der Waals surface area contributed by atoms with Gasteiger partial charge < -0.3 is 9.42 Å². The summed E-state index contributed by atoms with van der Waals surface area (Å²) >= 11 is 0. The third kappa shape index (κ3) is 3.52. The van der Waals surface area contributed by atoms with Crippen molar-refractivity contribution in [1.82, 2.24) is 15.0 Å². The van der Waals surface area contributed by atoms with E-state index in [1.165, 1.54) is 11.0 Å². The van der Waals surface area contributed by atoms with Crippen LogP contribution in [0.1, 0.15) is 40.6 Å². The molecule has 0 saturated carbocycles. The maximum atomic E-state index is 14.0. The van der Waals surface area contributed by atoms with Crippen molar-refractivity contribution in [2.75, 3.05) is 13.1 Å². The summed E-state index contributed by atoms with van der Waals surface area (Å²) < 4.78 is 33.4. The van der Waals surface area contributed by atoms with Gasteiger partial charge in [-0.2, -0.15) is 4.98 Å². The van der Waals surface area contributed by atoms with Crippen LogP contribution in [0.4, 0.5) is 8.78 Å². The molecule has 0 spiro atoms. The SMILES string of the molecule is Cc1ccc(-c2noc([C@@H]3CCCN(C(=O)c4c(F)cccc4F)C3)n2)cc1.